The number of likely N-dealkylation sites (tertiary alicyclic amines) is 1. The lowest BCUT2D eigenvalue weighted by molar-refractivity contribution is -0.113. The maximum absolute atomic E-state index is 12.8. The highest BCUT2D eigenvalue weighted by Gasteiger charge is 2.39. The van der Waals surface area contributed by atoms with Gasteiger partial charge in [-0.2, -0.15) is 0 Å². The normalized spacial score (nSPS) is 18.1. The summed E-state index contributed by atoms with van der Waals surface area (Å²) in [5.74, 6) is 0.185. The predicted molar refractivity (Wildman–Crippen MR) is 146 cm³/mol. The Labute approximate surface area is 212 Å². The number of nitrogens with zero attached hydrogens (tertiary/aromatic N) is 3. The van der Waals surface area contributed by atoms with Crippen molar-refractivity contribution in [2.75, 3.05) is 31.2 Å². The molecule has 2 aliphatic rings. The van der Waals surface area contributed by atoms with Crippen molar-refractivity contribution >= 4 is 45.7 Å². The number of hydrogen-bond donors (Lipinski definition) is 1. The number of carbonyl (C=O) groups excluding carboxylic acids is 1. The molecule has 1 amide bonds. The van der Waals surface area contributed by atoms with Crippen molar-refractivity contribution in [1.29, 1.82) is 0 Å². The van der Waals surface area contributed by atoms with Crippen molar-refractivity contribution in [1.82, 2.24) is 4.90 Å². The summed E-state index contributed by atoms with van der Waals surface area (Å²) in [6.07, 6.45) is 1.79. The summed E-state index contributed by atoms with van der Waals surface area (Å²) < 4.78 is 0. The van der Waals surface area contributed by atoms with E-state index in [1.165, 1.54) is 17.3 Å². The van der Waals surface area contributed by atoms with Crippen LogP contribution in [0.2, 0.25) is 5.02 Å². The minimum atomic E-state index is -0.410. The Bertz CT molecular complexity index is 1130. The van der Waals surface area contributed by atoms with Crippen molar-refractivity contribution in [3.05, 3.63) is 64.2 Å². The summed E-state index contributed by atoms with van der Waals surface area (Å²) in [6.45, 7) is 10.5. The zero-order valence-electron chi connectivity index (χ0n) is 20.6. The molecule has 1 spiro atoms. The highest BCUT2D eigenvalue weighted by atomic mass is 35.5. The molecule has 0 atom stereocenters. The number of halogens is 1. The van der Waals surface area contributed by atoms with Gasteiger partial charge >= 0.3 is 0 Å². The summed E-state index contributed by atoms with van der Waals surface area (Å²) in [7, 11) is 2.14. The van der Waals surface area contributed by atoms with Crippen LogP contribution in [0.3, 0.4) is 0 Å². The van der Waals surface area contributed by atoms with Gasteiger partial charge in [0.15, 0.2) is 5.66 Å². The van der Waals surface area contributed by atoms with Gasteiger partial charge in [-0.1, -0.05) is 74.5 Å². The molecule has 2 aromatic carbocycles. The quantitative estimate of drug-likeness (QED) is 0.569. The molecule has 2 heterocycles. The molecule has 0 bridgehead atoms. The van der Waals surface area contributed by atoms with Gasteiger partial charge in [0.25, 0.3) is 0 Å². The maximum atomic E-state index is 12.8. The molecule has 2 aromatic rings. The predicted octanol–water partition coefficient (Wildman–Crippen LogP) is 5.94. The van der Waals surface area contributed by atoms with Crippen LogP contribution < -0.4 is 5.32 Å². The molecule has 7 heteroatoms. The van der Waals surface area contributed by atoms with E-state index in [9.17, 15) is 4.79 Å². The molecule has 4 rings (SSSR count). The Hall–Kier alpha value is -2.15. The smallest absolute Gasteiger partial charge is 0.234 e. The molecule has 180 valence electrons. The average Bonchev–Trinajstić information content (AvgIpc) is 3.15. The largest absolute Gasteiger partial charge is 0.325 e. The second kappa shape index (κ2) is 9.84. The summed E-state index contributed by atoms with van der Waals surface area (Å²) >= 11 is 7.67. The molecule has 0 unspecified atom stereocenters. The van der Waals surface area contributed by atoms with Crippen molar-refractivity contribution in [2.45, 2.75) is 51.6 Å². The lowest BCUT2D eigenvalue weighted by atomic mass is 9.86. The second-order valence-corrected chi connectivity index (χ2v) is 11.6. The number of rotatable bonds is 4. The fourth-order valence-electron chi connectivity index (χ4n) is 4.20. The van der Waals surface area contributed by atoms with Gasteiger partial charge in [0.05, 0.1) is 11.5 Å². The number of carbonyl (C=O) groups is 1. The molecule has 1 N–H and O–H groups in total. The standard InChI is InChI=1S/C27H33ClN4OS/c1-18-21(28)7-6-8-22(18)29-23(33)17-34-25-24(19-9-11-20(12-10-19)26(2,3)4)30-27(31-25)13-15-32(5)16-14-27/h6-12H,13-17H2,1-5H3,(H,29,33). The Balaban J connectivity index is 1.54. The number of thioether (sulfide) groups is 1. The van der Waals surface area contributed by atoms with Crippen molar-refractivity contribution in [3.8, 4) is 0 Å². The molecule has 0 aliphatic carbocycles. The number of nitrogens with one attached hydrogen (secondary N) is 1. The average molecular weight is 497 g/mol. The van der Waals surface area contributed by atoms with E-state index in [1.807, 2.05) is 25.1 Å². The van der Waals surface area contributed by atoms with Crippen LogP contribution in [0.5, 0.6) is 0 Å². The van der Waals surface area contributed by atoms with Crippen LogP contribution in [0.25, 0.3) is 0 Å². The van der Waals surface area contributed by atoms with Crippen LogP contribution >= 0.6 is 23.4 Å². The third kappa shape index (κ3) is 5.56. The molecule has 1 saturated heterocycles. The van der Waals surface area contributed by atoms with Crippen molar-refractivity contribution in [2.24, 2.45) is 9.98 Å². The first kappa shape index (κ1) is 25.0. The molecule has 2 aliphatic heterocycles. The van der Waals surface area contributed by atoms with Gasteiger partial charge in [-0.3, -0.25) is 9.79 Å². The maximum Gasteiger partial charge on any atom is 0.234 e. The fraction of sp³-hybridized carbons (Fsp3) is 0.444. The molecule has 5 nitrogen and oxygen atoms in total. The van der Waals surface area contributed by atoms with Crippen LogP contribution in [0.15, 0.2) is 52.4 Å². The highest BCUT2D eigenvalue weighted by molar-refractivity contribution is 8.16. The SMILES string of the molecule is Cc1c(Cl)cccc1NC(=O)CSC1=NC2(CCN(C)CC2)N=C1c1ccc(C(C)(C)C)cc1. The van der Waals surface area contributed by atoms with E-state index in [4.69, 9.17) is 21.6 Å². The summed E-state index contributed by atoms with van der Waals surface area (Å²) in [5, 5.41) is 4.48. The van der Waals surface area contributed by atoms with Gasteiger partial charge in [-0.05, 0) is 42.6 Å². The van der Waals surface area contributed by atoms with Gasteiger partial charge in [0, 0.05) is 42.2 Å². The van der Waals surface area contributed by atoms with Crippen LogP contribution in [0.4, 0.5) is 5.69 Å². The van der Waals surface area contributed by atoms with Crippen LogP contribution in [0.1, 0.15) is 50.3 Å². The Morgan fingerprint density at radius 1 is 1.12 bits per heavy atom. The minimum Gasteiger partial charge on any atom is -0.325 e. The van der Waals surface area contributed by atoms with Crippen LogP contribution in [0, 0.1) is 6.92 Å². The van der Waals surface area contributed by atoms with E-state index in [-0.39, 0.29) is 17.1 Å². The van der Waals surface area contributed by atoms with E-state index in [0.29, 0.717) is 5.02 Å². The number of amides is 1. The number of anilines is 1. The van der Waals surface area contributed by atoms with Gasteiger partial charge in [-0.25, -0.2) is 4.99 Å². The van der Waals surface area contributed by atoms with E-state index in [0.717, 1.165) is 53.5 Å². The Morgan fingerprint density at radius 3 is 2.44 bits per heavy atom. The number of piperidine rings is 1. The molecular weight excluding hydrogens is 464 g/mol. The van der Waals surface area contributed by atoms with Crippen LogP contribution in [-0.2, 0) is 10.2 Å². The Kier molecular flexibility index (Phi) is 7.22. The Morgan fingerprint density at radius 2 is 1.79 bits per heavy atom. The van der Waals surface area contributed by atoms with E-state index in [2.05, 4.69) is 62.3 Å². The van der Waals surface area contributed by atoms with Gasteiger partial charge < -0.3 is 10.2 Å². The number of benzene rings is 2. The number of hydrogen-bond acceptors (Lipinski definition) is 5. The monoisotopic (exact) mass is 496 g/mol. The first-order valence-corrected chi connectivity index (χ1v) is 13.1. The van der Waals surface area contributed by atoms with Gasteiger partial charge in [-0.15, -0.1) is 0 Å². The first-order chi connectivity index (χ1) is 16.1. The summed E-state index contributed by atoms with van der Waals surface area (Å²) in [4.78, 5) is 25.3. The lowest BCUT2D eigenvalue weighted by Crippen LogP contribution is -2.39. The van der Waals surface area contributed by atoms with E-state index in [1.54, 1.807) is 0 Å². The third-order valence-electron chi connectivity index (χ3n) is 6.53. The summed E-state index contributed by atoms with van der Waals surface area (Å²) in [6, 6.07) is 14.2. The fourth-order valence-corrected chi connectivity index (χ4v) is 5.25. The zero-order valence-corrected chi connectivity index (χ0v) is 22.2. The molecule has 0 aromatic heterocycles. The summed E-state index contributed by atoms with van der Waals surface area (Å²) in [5.41, 5.74) is 4.53. The van der Waals surface area contributed by atoms with Crippen molar-refractivity contribution in [3.63, 3.8) is 0 Å². The van der Waals surface area contributed by atoms with Crippen molar-refractivity contribution < 1.29 is 4.79 Å². The molecule has 0 saturated carbocycles. The second-order valence-electron chi connectivity index (χ2n) is 10.2. The lowest BCUT2D eigenvalue weighted by Gasteiger charge is -2.33. The van der Waals surface area contributed by atoms with Crippen LogP contribution in [-0.4, -0.2) is 53.1 Å². The third-order valence-corrected chi connectivity index (χ3v) is 7.90. The van der Waals surface area contributed by atoms with E-state index < -0.39 is 5.66 Å². The molecule has 1 fully saturated rings. The zero-order chi connectivity index (χ0) is 24.5. The topological polar surface area (TPSA) is 57.1 Å². The first-order valence-electron chi connectivity index (χ1n) is 11.7. The molecular formula is C27H33ClN4OS. The minimum absolute atomic E-state index is 0.0789. The van der Waals surface area contributed by atoms with Gasteiger partial charge in [0.2, 0.25) is 5.91 Å². The molecule has 0 radical (unpaired) electrons. The molecule has 34 heavy (non-hydrogen) atoms. The van der Waals surface area contributed by atoms with Gasteiger partial charge in [0.1, 0.15) is 5.04 Å². The highest BCUT2D eigenvalue weighted by Crippen LogP contribution is 2.36. The number of aliphatic imine (C=N–C) groups is 2. The van der Waals surface area contributed by atoms with E-state index >= 15 is 0 Å².